The molecule has 1 aromatic heterocycles. The predicted octanol–water partition coefficient (Wildman–Crippen LogP) is 6.60. The number of hydrogen-bond donors (Lipinski definition) is 2. The number of aryl methyl sites for hydroxylation is 1. The summed E-state index contributed by atoms with van der Waals surface area (Å²) in [6.45, 7) is 2.04. The Morgan fingerprint density at radius 3 is 2.43 bits per heavy atom. The first kappa shape index (κ1) is 24.8. The van der Waals surface area contributed by atoms with Crippen molar-refractivity contribution in [2.24, 2.45) is 5.92 Å². The number of nitrogens with one attached hydrogen (secondary N) is 1. The average molecular weight is 515 g/mol. The number of nitrogens with zero attached hydrogens (tertiary/aromatic N) is 1. The largest absolute Gasteiger partial charge is 0.478 e. The summed E-state index contributed by atoms with van der Waals surface area (Å²) < 4.78 is 26.6. The zero-order chi connectivity index (χ0) is 26.1. The molecule has 1 heterocycles. The number of fused-ring (bicyclic) bond motifs is 1. The van der Waals surface area contributed by atoms with E-state index in [1.807, 2.05) is 61.5 Å². The minimum atomic E-state index is -1.08. The lowest BCUT2D eigenvalue weighted by Crippen LogP contribution is -2.16. The number of carboxylic acid groups (broad SMARTS) is 1. The lowest BCUT2D eigenvalue weighted by atomic mass is 9.72. The summed E-state index contributed by atoms with van der Waals surface area (Å²) in [5.41, 5.74) is 7.51. The van der Waals surface area contributed by atoms with Crippen molar-refractivity contribution in [2.75, 3.05) is 6.26 Å². The summed E-state index contributed by atoms with van der Waals surface area (Å²) in [7, 11) is -1.08. The highest BCUT2D eigenvalue weighted by atomic mass is 32.2. The minimum absolute atomic E-state index is 0.336. The fraction of sp³-hybridized carbons (Fsp3) is 0.200. The first-order chi connectivity index (χ1) is 17.8. The van der Waals surface area contributed by atoms with E-state index in [1.165, 1.54) is 5.57 Å². The molecule has 1 atom stereocenters. The topological polar surface area (TPSA) is 83.1 Å². The van der Waals surface area contributed by atoms with Crippen LogP contribution in [0.25, 0.3) is 28.1 Å². The van der Waals surface area contributed by atoms with Crippen LogP contribution in [0, 0.1) is 18.8 Å². The third-order valence-corrected chi connectivity index (χ3v) is 7.93. The number of H-pyrrole nitrogens is 1. The van der Waals surface area contributed by atoms with Gasteiger partial charge in [-0.25, -0.2) is 4.79 Å². The molecule has 0 radical (unpaired) electrons. The Hall–Kier alpha value is -3.84. The van der Waals surface area contributed by atoms with E-state index in [0.717, 1.165) is 63.6 Å². The van der Waals surface area contributed by atoms with E-state index < -0.39 is 22.7 Å². The monoisotopic (exact) mass is 514 g/mol. The van der Waals surface area contributed by atoms with Crippen LogP contribution in [0.15, 0.2) is 71.6 Å². The lowest BCUT2D eigenvalue weighted by molar-refractivity contribution is -0.131. The molecule has 37 heavy (non-hydrogen) atoms. The van der Waals surface area contributed by atoms with Gasteiger partial charge in [0.15, 0.2) is 0 Å². The number of halogens is 1. The second-order valence-corrected chi connectivity index (χ2v) is 10.8. The van der Waals surface area contributed by atoms with Crippen molar-refractivity contribution in [3.8, 4) is 0 Å². The summed E-state index contributed by atoms with van der Waals surface area (Å²) >= 11 is 0. The van der Waals surface area contributed by atoms with Crippen LogP contribution in [0.2, 0.25) is 0 Å². The molecule has 188 valence electrons. The molecular formula is C30H27FN2O3S. The van der Waals surface area contributed by atoms with Crippen molar-refractivity contribution in [3.05, 3.63) is 101 Å². The van der Waals surface area contributed by atoms with Crippen LogP contribution in [0.5, 0.6) is 0 Å². The van der Waals surface area contributed by atoms with Gasteiger partial charge in [-0.2, -0.15) is 9.49 Å². The Bertz CT molecular complexity index is 1580. The van der Waals surface area contributed by atoms with Gasteiger partial charge in [-0.3, -0.25) is 9.31 Å². The first-order valence-corrected chi connectivity index (χ1v) is 13.7. The van der Waals surface area contributed by atoms with Crippen molar-refractivity contribution in [1.29, 1.82) is 0 Å². The van der Waals surface area contributed by atoms with Crippen LogP contribution in [0.1, 0.15) is 47.1 Å². The van der Waals surface area contributed by atoms with Gasteiger partial charge in [-0.1, -0.05) is 42.8 Å². The van der Waals surface area contributed by atoms with Crippen LogP contribution in [0.3, 0.4) is 0 Å². The minimum Gasteiger partial charge on any atom is -0.478 e. The second-order valence-electron chi connectivity index (χ2n) is 9.41. The molecule has 0 spiro atoms. The molecule has 0 saturated heterocycles. The first-order valence-electron chi connectivity index (χ1n) is 12.2. The molecule has 5 rings (SSSR count). The molecule has 7 heteroatoms. The van der Waals surface area contributed by atoms with Crippen LogP contribution in [-0.4, -0.2) is 31.7 Å². The maximum atomic E-state index is 14.5. The fourth-order valence-electron chi connectivity index (χ4n) is 4.91. The number of aromatic nitrogens is 2. The Labute approximate surface area is 217 Å². The van der Waals surface area contributed by atoms with Crippen LogP contribution >= 0.6 is 0 Å². The maximum absolute atomic E-state index is 14.5. The number of aliphatic carboxylic acids is 1. The highest BCUT2D eigenvalue weighted by Crippen LogP contribution is 2.46. The highest BCUT2D eigenvalue weighted by molar-refractivity contribution is 7.84. The molecular weight excluding hydrogens is 487 g/mol. The van der Waals surface area contributed by atoms with E-state index >= 15 is 0 Å². The number of carbonyl (C=O) groups is 1. The molecule has 3 aromatic carbocycles. The Kier molecular flexibility index (Phi) is 6.89. The van der Waals surface area contributed by atoms with Gasteiger partial charge in [0.2, 0.25) is 5.95 Å². The summed E-state index contributed by atoms with van der Waals surface area (Å²) in [4.78, 5) is 11.7. The number of hydrogen-bond acceptors (Lipinski definition) is 3. The third-order valence-electron chi connectivity index (χ3n) is 7.02. The van der Waals surface area contributed by atoms with Gasteiger partial charge in [0.25, 0.3) is 0 Å². The van der Waals surface area contributed by atoms with E-state index in [1.54, 1.807) is 12.3 Å². The summed E-state index contributed by atoms with van der Waals surface area (Å²) in [5.74, 6) is -1.14. The van der Waals surface area contributed by atoms with Gasteiger partial charge in [-0.05, 0) is 95.0 Å². The number of rotatable bonds is 7. The lowest BCUT2D eigenvalue weighted by Gasteiger charge is -2.32. The Morgan fingerprint density at radius 2 is 1.81 bits per heavy atom. The number of carboxylic acids is 1. The van der Waals surface area contributed by atoms with Crippen molar-refractivity contribution in [3.63, 3.8) is 0 Å². The van der Waals surface area contributed by atoms with Crippen LogP contribution < -0.4 is 0 Å². The summed E-state index contributed by atoms with van der Waals surface area (Å²) in [6, 6.07) is 19.3. The zero-order valence-corrected chi connectivity index (χ0v) is 21.4. The highest BCUT2D eigenvalue weighted by Gasteiger charge is 2.28. The molecule has 1 unspecified atom stereocenters. The second kappa shape index (κ2) is 10.3. The molecule has 4 aromatic rings. The zero-order valence-electron chi connectivity index (χ0n) is 20.6. The van der Waals surface area contributed by atoms with E-state index in [0.29, 0.717) is 16.8 Å². The SMILES string of the molecule is Cc1cc(S(C)=O)ccc1C(=C(c1ccc(/C=C/C(=O)O)cc1)c1ccc2n[nH]c(F)c2c1)C1CCC1. The number of aromatic amines is 1. The molecule has 1 saturated carbocycles. The van der Waals surface area contributed by atoms with Gasteiger partial charge in [0.05, 0.1) is 10.9 Å². The van der Waals surface area contributed by atoms with E-state index in [4.69, 9.17) is 5.11 Å². The molecule has 0 aliphatic heterocycles. The molecule has 0 amide bonds. The van der Waals surface area contributed by atoms with Crippen molar-refractivity contribution < 1.29 is 18.5 Å². The van der Waals surface area contributed by atoms with Crippen molar-refractivity contribution in [1.82, 2.24) is 10.2 Å². The van der Waals surface area contributed by atoms with Gasteiger partial charge in [0, 0.05) is 28.0 Å². The Morgan fingerprint density at radius 1 is 1.08 bits per heavy atom. The third kappa shape index (κ3) is 5.04. The average Bonchev–Trinajstić information content (AvgIpc) is 3.22. The molecule has 1 fully saturated rings. The molecule has 0 bridgehead atoms. The molecule has 1 aliphatic carbocycles. The van der Waals surface area contributed by atoms with E-state index in [2.05, 4.69) is 16.3 Å². The Balaban J connectivity index is 1.76. The maximum Gasteiger partial charge on any atom is 0.328 e. The van der Waals surface area contributed by atoms with E-state index in [9.17, 15) is 13.4 Å². The standard InChI is InChI=1S/C30H27FN2O3S/c1-18-16-23(37(2)36)12-13-24(18)29(20-4-3-5-20)28(21-9-6-19(7-10-21)8-15-27(34)35)22-11-14-26-25(17-22)30(31)33-32-26/h6-17,20H,3-5H2,1-2H3,(H,32,33)(H,34,35)/b15-8+,29-28?. The van der Waals surface area contributed by atoms with Gasteiger partial charge in [0.1, 0.15) is 0 Å². The molecule has 1 aliphatic rings. The van der Waals surface area contributed by atoms with Crippen molar-refractivity contribution >= 4 is 44.9 Å². The van der Waals surface area contributed by atoms with E-state index in [-0.39, 0.29) is 0 Å². The molecule has 5 nitrogen and oxygen atoms in total. The smallest absolute Gasteiger partial charge is 0.328 e. The number of benzene rings is 3. The quantitative estimate of drug-likeness (QED) is 0.215. The van der Waals surface area contributed by atoms with Gasteiger partial charge < -0.3 is 5.11 Å². The van der Waals surface area contributed by atoms with Crippen LogP contribution in [0.4, 0.5) is 4.39 Å². The summed E-state index contributed by atoms with van der Waals surface area (Å²) in [5, 5.41) is 15.9. The molecule has 2 N–H and O–H groups in total. The fourth-order valence-corrected chi connectivity index (χ4v) is 5.52. The predicted molar refractivity (Wildman–Crippen MR) is 146 cm³/mol. The number of allylic oxidation sites excluding steroid dienone is 1. The van der Waals surface area contributed by atoms with Gasteiger partial charge in [-0.15, -0.1) is 0 Å². The van der Waals surface area contributed by atoms with Crippen molar-refractivity contribution in [2.45, 2.75) is 31.1 Å². The van der Waals surface area contributed by atoms with Gasteiger partial charge >= 0.3 is 5.97 Å². The van der Waals surface area contributed by atoms with Crippen LogP contribution in [-0.2, 0) is 15.6 Å². The normalized spacial score (nSPS) is 15.5. The summed E-state index contributed by atoms with van der Waals surface area (Å²) in [6.07, 6.45) is 7.61.